The maximum atomic E-state index is 13.9. The molecule has 5 rings (SSSR count). The summed E-state index contributed by atoms with van der Waals surface area (Å²) in [7, 11) is 0. The SMILES string of the molecule is C[C@H](OCc1ccccc1)[C@@H](NC(=O)OCC1c2ccccc2-c2ccccc21)C(=O)N(CC(=O)O)Cc1ccccc1. The maximum Gasteiger partial charge on any atom is 0.407 e. The first-order valence-corrected chi connectivity index (χ1v) is 14.2. The third kappa shape index (κ3) is 7.28. The summed E-state index contributed by atoms with van der Waals surface area (Å²) in [6, 6.07) is 33.4. The van der Waals surface area contributed by atoms with E-state index in [0.29, 0.717) is 0 Å². The summed E-state index contributed by atoms with van der Waals surface area (Å²) < 4.78 is 11.7. The maximum absolute atomic E-state index is 13.9. The fourth-order valence-electron chi connectivity index (χ4n) is 5.42. The number of benzene rings is 4. The van der Waals surface area contributed by atoms with Gasteiger partial charge >= 0.3 is 12.1 Å². The van der Waals surface area contributed by atoms with Gasteiger partial charge in [0.2, 0.25) is 5.91 Å². The molecule has 4 aromatic rings. The zero-order valence-corrected chi connectivity index (χ0v) is 23.9. The van der Waals surface area contributed by atoms with Crippen LogP contribution in [0.3, 0.4) is 0 Å². The molecule has 0 saturated carbocycles. The number of carboxylic acids is 1. The van der Waals surface area contributed by atoms with Crippen LogP contribution in [-0.4, -0.2) is 53.3 Å². The number of carbonyl (C=O) groups excluding carboxylic acids is 2. The van der Waals surface area contributed by atoms with E-state index in [1.165, 1.54) is 4.90 Å². The fourth-order valence-corrected chi connectivity index (χ4v) is 5.42. The molecule has 0 spiro atoms. The minimum atomic E-state index is -1.19. The largest absolute Gasteiger partial charge is 0.480 e. The molecule has 1 aliphatic rings. The van der Waals surface area contributed by atoms with Gasteiger partial charge in [0.15, 0.2) is 0 Å². The number of alkyl carbamates (subject to hydrolysis) is 1. The number of carboxylic acid groups (broad SMARTS) is 1. The lowest BCUT2D eigenvalue weighted by Crippen LogP contribution is -2.55. The van der Waals surface area contributed by atoms with Gasteiger partial charge in [-0.1, -0.05) is 109 Å². The lowest BCUT2D eigenvalue weighted by Gasteiger charge is -2.30. The summed E-state index contributed by atoms with van der Waals surface area (Å²) in [5.41, 5.74) is 6.00. The van der Waals surface area contributed by atoms with E-state index in [4.69, 9.17) is 9.47 Å². The molecule has 0 aromatic heterocycles. The summed E-state index contributed by atoms with van der Waals surface area (Å²) in [6.45, 7) is 1.47. The Morgan fingerprint density at radius 1 is 0.791 bits per heavy atom. The Labute approximate surface area is 250 Å². The number of aliphatic carboxylic acids is 1. The Balaban J connectivity index is 1.33. The van der Waals surface area contributed by atoms with E-state index < -0.39 is 36.7 Å². The van der Waals surface area contributed by atoms with Gasteiger partial charge in [0.25, 0.3) is 0 Å². The normalized spacial score (nSPS) is 13.3. The first kappa shape index (κ1) is 29.5. The third-order valence-corrected chi connectivity index (χ3v) is 7.56. The predicted octanol–water partition coefficient (Wildman–Crippen LogP) is 5.61. The highest BCUT2D eigenvalue weighted by Gasteiger charge is 2.34. The summed E-state index contributed by atoms with van der Waals surface area (Å²) in [5.74, 6) is -1.90. The molecule has 0 bridgehead atoms. The quantitative estimate of drug-likeness (QED) is 0.226. The minimum Gasteiger partial charge on any atom is -0.480 e. The van der Waals surface area contributed by atoms with Crippen molar-refractivity contribution in [1.29, 1.82) is 0 Å². The van der Waals surface area contributed by atoms with Crippen LogP contribution in [0.15, 0.2) is 109 Å². The molecule has 2 amide bonds. The number of rotatable bonds is 12. The van der Waals surface area contributed by atoms with Crippen molar-refractivity contribution < 1.29 is 29.0 Å². The van der Waals surface area contributed by atoms with Crippen LogP contribution in [0.1, 0.15) is 35.1 Å². The zero-order chi connectivity index (χ0) is 30.2. The summed E-state index contributed by atoms with van der Waals surface area (Å²) in [4.78, 5) is 40.1. The van der Waals surface area contributed by atoms with Crippen LogP contribution in [0.4, 0.5) is 4.79 Å². The smallest absolute Gasteiger partial charge is 0.407 e. The molecule has 8 nitrogen and oxygen atoms in total. The van der Waals surface area contributed by atoms with Crippen LogP contribution in [0.25, 0.3) is 11.1 Å². The molecule has 4 aromatic carbocycles. The second kappa shape index (κ2) is 13.8. The molecule has 1 aliphatic carbocycles. The molecule has 43 heavy (non-hydrogen) atoms. The first-order valence-electron chi connectivity index (χ1n) is 14.2. The zero-order valence-electron chi connectivity index (χ0n) is 23.9. The summed E-state index contributed by atoms with van der Waals surface area (Å²) >= 11 is 0. The van der Waals surface area contributed by atoms with Crippen LogP contribution in [0.2, 0.25) is 0 Å². The van der Waals surface area contributed by atoms with Crippen LogP contribution < -0.4 is 5.32 Å². The number of amides is 2. The molecular weight excluding hydrogens is 544 g/mol. The standard InChI is InChI=1S/C35H34N2O6/c1-24(42-22-26-14-6-3-7-15-26)33(34(40)37(21-32(38)39)20-25-12-4-2-5-13-25)36-35(41)43-23-31-29-18-10-8-16-27(29)28-17-9-11-19-30(28)31/h2-19,24,31,33H,20-23H2,1H3,(H,36,41)(H,38,39)/t24-,33+/m0/s1. The molecule has 220 valence electrons. The number of nitrogens with one attached hydrogen (secondary N) is 1. The Bertz CT molecular complexity index is 1510. The monoisotopic (exact) mass is 578 g/mol. The number of fused-ring (bicyclic) bond motifs is 3. The molecule has 0 saturated heterocycles. The van der Waals surface area contributed by atoms with Crippen molar-refractivity contribution in [2.75, 3.05) is 13.2 Å². The van der Waals surface area contributed by atoms with E-state index in [9.17, 15) is 19.5 Å². The Morgan fingerprint density at radius 3 is 1.91 bits per heavy atom. The number of ether oxygens (including phenoxy) is 2. The topological polar surface area (TPSA) is 105 Å². The van der Waals surface area contributed by atoms with Crippen molar-refractivity contribution in [3.05, 3.63) is 131 Å². The summed E-state index contributed by atoms with van der Waals surface area (Å²) in [6.07, 6.45) is -1.58. The van der Waals surface area contributed by atoms with Gasteiger partial charge in [-0.3, -0.25) is 9.59 Å². The van der Waals surface area contributed by atoms with E-state index in [0.717, 1.165) is 33.4 Å². The first-order chi connectivity index (χ1) is 20.9. The van der Waals surface area contributed by atoms with Gasteiger partial charge in [-0.2, -0.15) is 0 Å². The van der Waals surface area contributed by atoms with Crippen LogP contribution in [0.5, 0.6) is 0 Å². The van der Waals surface area contributed by atoms with Crippen molar-refractivity contribution >= 4 is 18.0 Å². The third-order valence-electron chi connectivity index (χ3n) is 7.56. The van der Waals surface area contributed by atoms with E-state index in [2.05, 4.69) is 17.4 Å². The molecule has 0 aliphatic heterocycles. The fraction of sp³-hybridized carbons (Fsp3) is 0.229. The molecule has 0 unspecified atom stereocenters. The minimum absolute atomic E-state index is 0.0558. The van der Waals surface area contributed by atoms with E-state index >= 15 is 0 Å². The van der Waals surface area contributed by atoms with Gasteiger partial charge in [0.05, 0.1) is 12.7 Å². The highest BCUT2D eigenvalue weighted by atomic mass is 16.5. The molecule has 2 atom stereocenters. The molecule has 0 radical (unpaired) electrons. The second-order valence-electron chi connectivity index (χ2n) is 10.5. The van der Waals surface area contributed by atoms with Crippen LogP contribution in [0, 0.1) is 0 Å². The number of hydrogen-bond acceptors (Lipinski definition) is 5. The summed E-state index contributed by atoms with van der Waals surface area (Å²) in [5, 5.41) is 12.3. The van der Waals surface area contributed by atoms with Gasteiger partial charge < -0.3 is 24.8 Å². The van der Waals surface area contributed by atoms with Crippen LogP contribution in [-0.2, 0) is 32.2 Å². The van der Waals surface area contributed by atoms with Gasteiger partial charge in [-0.15, -0.1) is 0 Å². The average molecular weight is 579 g/mol. The van der Waals surface area contributed by atoms with Crippen molar-refractivity contribution in [1.82, 2.24) is 10.2 Å². The highest BCUT2D eigenvalue weighted by molar-refractivity contribution is 5.88. The molecule has 0 fully saturated rings. The number of nitrogens with zero attached hydrogens (tertiary/aromatic N) is 1. The Morgan fingerprint density at radius 2 is 1.33 bits per heavy atom. The molecular formula is C35H34N2O6. The van der Waals surface area contributed by atoms with Gasteiger partial charge in [0, 0.05) is 12.5 Å². The van der Waals surface area contributed by atoms with Crippen molar-refractivity contribution in [3.63, 3.8) is 0 Å². The van der Waals surface area contributed by atoms with Crippen molar-refractivity contribution in [2.24, 2.45) is 0 Å². The molecule has 0 heterocycles. The molecule has 2 N–H and O–H groups in total. The predicted molar refractivity (Wildman–Crippen MR) is 162 cm³/mol. The Hall–Kier alpha value is -4.95. The highest BCUT2D eigenvalue weighted by Crippen LogP contribution is 2.44. The van der Waals surface area contributed by atoms with E-state index in [1.54, 1.807) is 6.92 Å². The lowest BCUT2D eigenvalue weighted by molar-refractivity contribution is -0.147. The van der Waals surface area contributed by atoms with Crippen LogP contribution >= 0.6 is 0 Å². The van der Waals surface area contributed by atoms with Crippen molar-refractivity contribution in [3.8, 4) is 11.1 Å². The number of hydrogen-bond donors (Lipinski definition) is 2. The van der Waals surface area contributed by atoms with E-state index in [1.807, 2.05) is 97.1 Å². The second-order valence-corrected chi connectivity index (χ2v) is 10.5. The Kier molecular flexibility index (Phi) is 9.49. The molecule has 8 heteroatoms. The van der Waals surface area contributed by atoms with Gasteiger partial charge in [-0.25, -0.2) is 4.79 Å². The van der Waals surface area contributed by atoms with Gasteiger partial charge in [0.1, 0.15) is 19.2 Å². The number of carbonyl (C=O) groups is 3. The van der Waals surface area contributed by atoms with Gasteiger partial charge in [-0.05, 0) is 40.3 Å². The van der Waals surface area contributed by atoms with Crippen molar-refractivity contribution in [2.45, 2.75) is 38.1 Å². The average Bonchev–Trinajstić information content (AvgIpc) is 3.35. The lowest BCUT2D eigenvalue weighted by atomic mass is 9.98. The van der Waals surface area contributed by atoms with E-state index in [-0.39, 0.29) is 25.7 Å².